The molecule has 5 nitrogen and oxygen atoms in total. The molecule has 0 fully saturated rings. The van der Waals surface area contributed by atoms with Gasteiger partial charge in [0.1, 0.15) is 12.4 Å². The monoisotopic (exact) mass is 523 g/mol. The summed E-state index contributed by atoms with van der Waals surface area (Å²) in [6.45, 7) is 8.20. The predicted octanol–water partition coefficient (Wildman–Crippen LogP) is 6.78. The molecule has 0 aliphatic heterocycles. The number of nitrogens with one attached hydrogen (secondary N) is 1. The standard InChI is InChI=1S/C31H35F2NO4/c1-19(2)12-28(24-14-20(3)13-21(4)15-24)34-31(36)26-16-22(6-7-23(26)8-11-30(35)37-5)18-38-29-17-25(32)9-10-27(29)33/h6-7,9-10,13-17,19,28H,8,11-12,18H2,1-5H3,(H,34,36)/t28-/m1/s1. The third-order valence-electron chi connectivity index (χ3n) is 6.19. The van der Waals surface area contributed by atoms with Crippen LogP contribution in [0.2, 0.25) is 0 Å². The van der Waals surface area contributed by atoms with Gasteiger partial charge in [-0.25, -0.2) is 8.78 Å². The molecular formula is C31H35F2NO4. The third kappa shape index (κ3) is 8.13. The topological polar surface area (TPSA) is 64.6 Å². The molecule has 0 aromatic heterocycles. The fraction of sp³-hybridized carbons (Fsp3) is 0.355. The predicted molar refractivity (Wildman–Crippen MR) is 143 cm³/mol. The van der Waals surface area contributed by atoms with E-state index in [1.807, 2.05) is 13.8 Å². The van der Waals surface area contributed by atoms with Crippen molar-refractivity contribution in [3.8, 4) is 5.75 Å². The smallest absolute Gasteiger partial charge is 0.305 e. The minimum Gasteiger partial charge on any atom is -0.486 e. The van der Waals surface area contributed by atoms with Crippen LogP contribution in [0.1, 0.15) is 70.9 Å². The number of rotatable bonds is 11. The van der Waals surface area contributed by atoms with Gasteiger partial charge in [0.2, 0.25) is 0 Å². The van der Waals surface area contributed by atoms with Gasteiger partial charge < -0.3 is 14.8 Å². The molecule has 202 valence electrons. The maximum atomic E-state index is 14.0. The van der Waals surface area contributed by atoms with E-state index < -0.39 is 11.6 Å². The second-order valence-electron chi connectivity index (χ2n) is 10.0. The Morgan fingerprint density at radius 1 is 0.947 bits per heavy atom. The molecule has 0 spiro atoms. The molecule has 38 heavy (non-hydrogen) atoms. The summed E-state index contributed by atoms with van der Waals surface area (Å²) in [7, 11) is 1.32. The fourth-order valence-corrected chi connectivity index (χ4v) is 4.43. The van der Waals surface area contributed by atoms with Gasteiger partial charge in [-0.1, -0.05) is 55.3 Å². The number of carbonyl (C=O) groups excluding carboxylic acids is 2. The fourth-order valence-electron chi connectivity index (χ4n) is 4.43. The number of amides is 1. The number of carbonyl (C=O) groups is 2. The van der Waals surface area contributed by atoms with Crippen LogP contribution in [0.3, 0.4) is 0 Å². The quantitative estimate of drug-likeness (QED) is 0.281. The molecule has 0 saturated carbocycles. The van der Waals surface area contributed by atoms with Crippen LogP contribution >= 0.6 is 0 Å². The Morgan fingerprint density at radius 2 is 1.66 bits per heavy atom. The number of halogens is 2. The lowest BCUT2D eigenvalue weighted by molar-refractivity contribution is -0.140. The molecule has 7 heteroatoms. The van der Waals surface area contributed by atoms with Gasteiger partial charge in [-0.05, 0) is 67.5 Å². The van der Waals surface area contributed by atoms with Gasteiger partial charge in [0.15, 0.2) is 11.6 Å². The van der Waals surface area contributed by atoms with E-state index in [9.17, 15) is 18.4 Å². The van der Waals surface area contributed by atoms with Gasteiger partial charge in [0, 0.05) is 18.1 Å². The summed E-state index contributed by atoms with van der Waals surface area (Å²) < 4.78 is 37.8. The van der Waals surface area contributed by atoms with Gasteiger partial charge in [-0.2, -0.15) is 0 Å². The Hall–Kier alpha value is -3.74. The Labute approximate surface area is 223 Å². The third-order valence-corrected chi connectivity index (χ3v) is 6.19. The lowest BCUT2D eigenvalue weighted by atomic mass is 9.93. The average molecular weight is 524 g/mol. The number of hydrogen-bond acceptors (Lipinski definition) is 4. The maximum absolute atomic E-state index is 14.0. The van der Waals surface area contributed by atoms with Crippen LogP contribution in [0, 0.1) is 31.4 Å². The normalized spacial score (nSPS) is 11.8. The first-order chi connectivity index (χ1) is 18.0. The summed E-state index contributed by atoms with van der Waals surface area (Å²) in [6, 6.07) is 14.2. The Morgan fingerprint density at radius 3 is 2.32 bits per heavy atom. The van der Waals surface area contributed by atoms with Crippen LogP contribution < -0.4 is 10.1 Å². The Balaban J connectivity index is 1.90. The van der Waals surface area contributed by atoms with Gasteiger partial charge in [0.05, 0.1) is 13.2 Å². The second-order valence-corrected chi connectivity index (χ2v) is 10.0. The van der Waals surface area contributed by atoms with Crippen molar-refractivity contribution < 1.29 is 27.8 Å². The van der Waals surface area contributed by atoms with Crippen molar-refractivity contribution >= 4 is 11.9 Å². The summed E-state index contributed by atoms with van der Waals surface area (Å²) in [5.74, 6) is -1.82. The molecule has 0 aliphatic carbocycles. The van der Waals surface area contributed by atoms with E-state index in [0.29, 0.717) is 29.0 Å². The van der Waals surface area contributed by atoms with Crippen LogP contribution in [0.5, 0.6) is 5.75 Å². The average Bonchev–Trinajstić information content (AvgIpc) is 2.86. The van der Waals surface area contributed by atoms with E-state index >= 15 is 0 Å². The highest BCUT2D eigenvalue weighted by Crippen LogP contribution is 2.26. The molecule has 0 radical (unpaired) electrons. The zero-order valence-corrected chi connectivity index (χ0v) is 22.6. The van der Waals surface area contributed by atoms with Crippen molar-refractivity contribution in [3.63, 3.8) is 0 Å². The highest BCUT2D eigenvalue weighted by molar-refractivity contribution is 5.96. The minimum absolute atomic E-state index is 0.0650. The molecule has 0 bridgehead atoms. The van der Waals surface area contributed by atoms with Crippen molar-refractivity contribution in [1.82, 2.24) is 5.32 Å². The highest BCUT2D eigenvalue weighted by Gasteiger charge is 2.21. The summed E-state index contributed by atoms with van der Waals surface area (Å²) in [5, 5.41) is 3.19. The number of esters is 1. The van der Waals surface area contributed by atoms with Crippen molar-refractivity contribution in [2.75, 3.05) is 7.11 Å². The largest absolute Gasteiger partial charge is 0.486 e. The molecule has 0 saturated heterocycles. The van der Waals surface area contributed by atoms with E-state index in [1.165, 1.54) is 7.11 Å². The summed E-state index contributed by atoms with van der Waals surface area (Å²) in [6.07, 6.45) is 1.18. The number of aryl methyl sites for hydroxylation is 3. The van der Waals surface area contributed by atoms with Crippen molar-refractivity contribution in [1.29, 1.82) is 0 Å². The minimum atomic E-state index is -0.677. The second kappa shape index (κ2) is 13.2. The zero-order valence-electron chi connectivity index (χ0n) is 22.6. The highest BCUT2D eigenvalue weighted by atomic mass is 19.1. The van der Waals surface area contributed by atoms with Crippen LogP contribution in [-0.4, -0.2) is 19.0 Å². The molecule has 3 aromatic rings. The number of hydrogen-bond donors (Lipinski definition) is 1. The van der Waals surface area contributed by atoms with E-state index in [1.54, 1.807) is 18.2 Å². The number of benzene rings is 3. The molecule has 3 rings (SSSR count). The van der Waals surface area contributed by atoms with Gasteiger partial charge in [-0.15, -0.1) is 0 Å². The summed E-state index contributed by atoms with van der Waals surface area (Å²) >= 11 is 0. The molecule has 1 amide bonds. The zero-order chi connectivity index (χ0) is 27.8. The molecular weight excluding hydrogens is 488 g/mol. The lowest BCUT2D eigenvalue weighted by Gasteiger charge is -2.23. The number of ether oxygens (including phenoxy) is 2. The first-order valence-corrected chi connectivity index (χ1v) is 12.7. The first-order valence-electron chi connectivity index (χ1n) is 12.7. The molecule has 1 atom stereocenters. The van der Waals surface area contributed by atoms with Crippen LogP contribution in [-0.2, 0) is 22.6 Å². The Bertz CT molecular complexity index is 1270. The van der Waals surface area contributed by atoms with E-state index in [-0.39, 0.29) is 36.7 Å². The molecule has 0 heterocycles. The van der Waals surface area contributed by atoms with Crippen molar-refractivity contribution in [2.45, 2.75) is 59.6 Å². The van der Waals surface area contributed by atoms with Gasteiger partial charge in [-0.3, -0.25) is 9.59 Å². The van der Waals surface area contributed by atoms with Gasteiger partial charge >= 0.3 is 5.97 Å². The molecule has 3 aromatic carbocycles. The van der Waals surface area contributed by atoms with Crippen LogP contribution in [0.4, 0.5) is 8.78 Å². The lowest BCUT2D eigenvalue weighted by Crippen LogP contribution is -2.30. The van der Waals surface area contributed by atoms with Gasteiger partial charge in [0.25, 0.3) is 5.91 Å². The van der Waals surface area contributed by atoms with Crippen molar-refractivity contribution in [2.24, 2.45) is 5.92 Å². The first kappa shape index (κ1) is 28.8. The molecule has 1 N–H and O–H groups in total. The van der Waals surface area contributed by atoms with Crippen LogP contribution in [0.15, 0.2) is 54.6 Å². The Kier molecular flexibility index (Phi) is 9.99. The maximum Gasteiger partial charge on any atom is 0.305 e. The van der Waals surface area contributed by atoms with E-state index in [2.05, 4.69) is 37.4 Å². The van der Waals surface area contributed by atoms with E-state index in [0.717, 1.165) is 41.3 Å². The molecule has 0 aliphatic rings. The SMILES string of the molecule is COC(=O)CCc1ccc(COc2cc(F)ccc2F)cc1C(=O)N[C@H](CC(C)C)c1cc(C)cc(C)c1. The summed E-state index contributed by atoms with van der Waals surface area (Å²) in [5.41, 5.74) is 4.94. The van der Waals surface area contributed by atoms with Crippen LogP contribution in [0.25, 0.3) is 0 Å². The molecule has 0 unspecified atom stereocenters. The summed E-state index contributed by atoms with van der Waals surface area (Å²) in [4.78, 5) is 25.5. The van der Waals surface area contributed by atoms with Crippen molar-refractivity contribution in [3.05, 3.63) is 99.6 Å². The number of methoxy groups -OCH3 is 1. The van der Waals surface area contributed by atoms with E-state index in [4.69, 9.17) is 9.47 Å².